The number of halogens is 3. The quantitative estimate of drug-likeness (QED) is 0.292. The van der Waals surface area contributed by atoms with E-state index in [1.807, 2.05) is 66.2 Å². The predicted molar refractivity (Wildman–Crippen MR) is 109 cm³/mol. The molecule has 6 nitrogen and oxygen atoms in total. The minimum absolute atomic E-state index is 0.138. The maximum atomic E-state index is 13.2. The van der Waals surface area contributed by atoms with Crippen LogP contribution in [0.2, 0.25) is 0 Å². The Balaban J connectivity index is 1.71. The molecule has 2 N–H and O–H groups in total. The van der Waals surface area contributed by atoms with Crippen molar-refractivity contribution in [1.29, 1.82) is 0 Å². The highest BCUT2D eigenvalue weighted by Gasteiger charge is 2.38. The number of hydrogen-bond acceptors (Lipinski definition) is 5. The Bertz CT molecular complexity index is 1230. The fourth-order valence-electron chi connectivity index (χ4n) is 3.38. The number of thioether (sulfide) groups is 1. The molecule has 0 bridgehead atoms. The molecule has 2 heterocycles. The smallest absolute Gasteiger partial charge is 0.343 e. The maximum Gasteiger partial charge on any atom is 0.453 e. The molecule has 0 saturated heterocycles. The highest BCUT2D eigenvalue weighted by Crippen LogP contribution is 2.35. The second-order valence-electron chi connectivity index (χ2n) is 6.55. The van der Waals surface area contributed by atoms with E-state index in [0.717, 1.165) is 33.9 Å². The number of nitrogens with zero attached hydrogens (tertiary/aromatic N) is 4. The Morgan fingerprint density at radius 3 is 2.40 bits per heavy atom. The van der Waals surface area contributed by atoms with E-state index in [1.54, 1.807) is 0 Å². The molecule has 154 valence electrons. The minimum atomic E-state index is -4.72. The molecule has 0 radical (unpaired) electrons. The molecule has 0 aliphatic heterocycles. The molecule has 10 heteroatoms. The average molecular weight is 431 g/mol. The highest BCUT2D eigenvalue weighted by molar-refractivity contribution is 7.99. The third kappa shape index (κ3) is 3.43. The molecule has 4 aromatic rings. The summed E-state index contributed by atoms with van der Waals surface area (Å²) < 4.78 is 40.9. The highest BCUT2D eigenvalue weighted by atomic mass is 32.2. The van der Waals surface area contributed by atoms with Crippen LogP contribution in [0.4, 0.5) is 13.2 Å². The van der Waals surface area contributed by atoms with Crippen molar-refractivity contribution < 1.29 is 18.0 Å². The van der Waals surface area contributed by atoms with Gasteiger partial charge in [-0.3, -0.25) is 4.79 Å². The zero-order valence-corrected chi connectivity index (χ0v) is 16.5. The fraction of sp³-hybridized carbons (Fsp3) is 0.150. The summed E-state index contributed by atoms with van der Waals surface area (Å²) in [5.74, 6) is 3.77. The Kier molecular flexibility index (Phi) is 5.02. The second-order valence-corrected chi connectivity index (χ2v) is 7.49. The minimum Gasteiger partial charge on any atom is -0.343 e. The van der Waals surface area contributed by atoms with Gasteiger partial charge in [0.2, 0.25) is 5.16 Å². The molecule has 2 aromatic carbocycles. The van der Waals surface area contributed by atoms with Crippen molar-refractivity contribution in [3.63, 3.8) is 0 Å². The lowest BCUT2D eigenvalue weighted by molar-refractivity contribution is -0.146. The first-order valence-electron chi connectivity index (χ1n) is 8.85. The number of nitrogens with two attached hydrogens (primary N) is 1. The van der Waals surface area contributed by atoms with Gasteiger partial charge in [-0.2, -0.15) is 13.2 Å². The zero-order chi connectivity index (χ0) is 21.5. The molecule has 0 aliphatic rings. The van der Waals surface area contributed by atoms with E-state index in [0.29, 0.717) is 10.2 Å². The van der Waals surface area contributed by atoms with Crippen LogP contribution in [-0.4, -0.2) is 31.0 Å². The molecule has 0 unspecified atom stereocenters. The van der Waals surface area contributed by atoms with E-state index in [9.17, 15) is 18.0 Å². The lowest BCUT2D eigenvalue weighted by Gasteiger charge is -2.08. The Morgan fingerprint density at radius 2 is 1.73 bits per heavy atom. The molecule has 0 spiro atoms. The number of para-hydroxylation sites is 1. The third-order valence-corrected chi connectivity index (χ3v) is 5.63. The SMILES string of the molecule is Cn1c(-c2ccccc2)c(C(=O)CSc2nnc(C(F)(F)F)n2N)c2ccccc21. The van der Waals surface area contributed by atoms with Gasteiger partial charge in [0.25, 0.3) is 5.82 Å². The van der Waals surface area contributed by atoms with Crippen molar-refractivity contribution in [3.8, 4) is 11.3 Å². The molecule has 0 atom stereocenters. The number of aryl methyl sites for hydroxylation is 1. The van der Waals surface area contributed by atoms with Gasteiger partial charge in [-0.05, 0) is 11.6 Å². The molecule has 2 aromatic heterocycles. The first-order chi connectivity index (χ1) is 14.3. The Morgan fingerprint density at radius 1 is 1.07 bits per heavy atom. The zero-order valence-electron chi connectivity index (χ0n) is 15.7. The van der Waals surface area contributed by atoms with E-state index in [-0.39, 0.29) is 16.7 Å². The molecule has 30 heavy (non-hydrogen) atoms. The van der Waals surface area contributed by atoms with E-state index in [4.69, 9.17) is 5.84 Å². The van der Waals surface area contributed by atoms with Crippen LogP contribution in [0.5, 0.6) is 0 Å². The topological polar surface area (TPSA) is 78.7 Å². The molecule has 0 fully saturated rings. The van der Waals surface area contributed by atoms with Crippen molar-refractivity contribution >= 4 is 28.4 Å². The number of carbonyl (C=O) groups excluding carboxylic acids is 1. The third-order valence-electron chi connectivity index (χ3n) is 4.68. The summed E-state index contributed by atoms with van der Waals surface area (Å²) in [6.07, 6.45) is -4.72. The number of carbonyl (C=O) groups is 1. The molecule has 4 rings (SSSR count). The van der Waals surface area contributed by atoms with Crippen molar-refractivity contribution in [2.75, 3.05) is 11.6 Å². The van der Waals surface area contributed by atoms with Gasteiger partial charge < -0.3 is 10.4 Å². The normalized spacial score (nSPS) is 11.9. The van der Waals surface area contributed by atoms with Gasteiger partial charge in [0, 0.05) is 18.0 Å². The van der Waals surface area contributed by atoms with Crippen LogP contribution in [0.1, 0.15) is 16.2 Å². The summed E-state index contributed by atoms with van der Waals surface area (Å²) in [5.41, 5.74) is 3.00. The van der Waals surface area contributed by atoms with Crippen LogP contribution in [0, 0.1) is 0 Å². The summed E-state index contributed by atoms with van der Waals surface area (Å²) in [7, 11) is 1.88. The lowest BCUT2D eigenvalue weighted by atomic mass is 10.0. The first kappa shape index (κ1) is 20.0. The Labute approximate surface area is 173 Å². The largest absolute Gasteiger partial charge is 0.453 e. The monoisotopic (exact) mass is 431 g/mol. The van der Waals surface area contributed by atoms with Gasteiger partial charge in [-0.15, -0.1) is 10.2 Å². The number of alkyl halides is 3. The second kappa shape index (κ2) is 7.52. The van der Waals surface area contributed by atoms with Gasteiger partial charge in [0.05, 0.1) is 17.0 Å². The number of aromatic nitrogens is 4. The number of fused-ring (bicyclic) bond motifs is 1. The number of benzene rings is 2. The van der Waals surface area contributed by atoms with Gasteiger partial charge in [-0.1, -0.05) is 60.3 Å². The van der Waals surface area contributed by atoms with E-state index in [1.165, 1.54) is 0 Å². The summed E-state index contributed by atoms with van der Waals surface area (Å²) in [6.45, 7) is 0. The van der Waals surface area contributed by atoms with Gasteiger partial charge in [0.1, 0.15) is 0 Å². The molecule has 0 amide bonds. The molecule has 0 aliphatic carbocycles. The first-order valence-corrected chi connectivity index (χ1v) is 9.84. The van der Waals surface area contributed by atoms with E-state index in [2.05, 4.69) is 10.2 Å². The van der Waals surface area contributed by atoms with Crippen molar-refractivity contribution in [3.05, 3.63) is 66.0 Å². The number of rotatable bonds is 5. The average Bonchev–Trinajstić information content (AvgIpc) is 3.24. The number of hydrogen-bond donors (Lipinski definition) is 1. The van der Waals surface area contributed by atoms with Crippen LogP contribution in [0.3, 0.4) is 0 Å². The number of ketones is 1. The number of Topliss-reactive ketones (excluding diaryl/α,β-unsaturated/α-hetero) is 1. The predicted octanol–water partition coefficient (Wildman–Crippen LogP) is 4.14. The molecular weight excluding hydrogens is 415 g/mol. The fourth-order valence-corrected chi connectivity index (χ4v) is 4.11. The van der Waals surface area contributed by atoms with Gasteiger partial charge in [0.15, 0.2) is 5.78 Å². The van der Waals surface area contributed by atoms with Crippen molar-refractivity contribution in [2.45, 2.75) is 11.3 Å². The van der Waals surface area contributed by atoms with Crippen molar-refractivity contribution in [1.82, 2.24) is 19.4 Å². The van der Waals surface area contributed by atoms with Crippen LogP contribution in [-0.2, 0) is 13.2 Å². The van der Waals surface area contributed by atoms with E-state index >= 15 is 0 Å². The standard InChI is InChI=1S/C20H16F3N5OS/c1-27-14-10-6-5-9-13(14)16(17(27)12-7-3-2-4-8-12)15(29)11-30-19-26-25-18(28(19)24)20(21,22)23/h2-10H,11,24H2,1H3. The van der Waals surface area contributed by atoms with E-state index < -0.39 is 12.0 Å². The van der Waals surface area contributed by atoms with Gasteiger partial charge in [-0.25, -0.2) is 4.68 Å². The summed E-state index contributed by atoms with van der Waals surface area (Å²) in [6, 6.07) is 17.0. The van der Waals surface area contributed by atoms with Crippen LogP contribution >= 0.6 is 11.8 Å². The van der Waals surface area contributed by atoms with Crippen LogP contribution in [0.25, 0.3) is 22.2 Å². The lowest BCUT2D eigenvalue weighted by Crippen LogP contribution is -2.21. The number of nitrogen functional groups attached to an aromatic ring is 1. The Hall–Kier alpha value is -3.27. The summed E-state index contributed by atoms with van der Waals surface area (Å²) in [5, 5.41) is 7.14. The summed E-state index contributed by atoms with van der Waals surface area (Å²) in [4.78, 5) is 13.2. The maximum absolute atomic E-state index is 13.2. The molecule has 0 saturated carbocycles. The molecular formula is C20H16F3N5OS. The van der Waals surface area contributed by atoms with Crippen molar-refractivity contribution in [2.24, 2.45) is 7.05 Å². The van der Waals surface area contributed by atoms with Crippen LogP contribution in [0.15, 0.2) is 59.8 Å². The van der Waals surface area contributed by atoms with Gasteiger partial charge >= 0.3 is 6.18 Å². The van der Waals surface area contributed by atoms with Crippen LogP contribution < -0.4 is 5.84 Å². The summed E-state index contributed by atoms with van der Waals surface area (Å²) >= 11 is 0.814.